The van der Waals surface area contributed by atoms with Crippen molar-refractivity contribution in [2.24, 2.45) is 0 Å². The Hall–Kier alpha value is -3.16. The number of carbonyl (C=O) groups is 2. The number of aryl methyl sites for hydroxylation is 3. The highest BCUT2D eigenvalue weighted by molar-refractivity contribution is 6.00. The predicted molar refractivity (Wildman–Crippen MR) is 116 cm³/mol. The lowest BCUT2D eigenvalue weighted by Crippen LogP contribution is -2.52. The summed E-state index contributed by atoms with van der Waals surface area (Å²) in [7, 11) is 0. The average molecular weight is 422 g/mol. The summed E-state index contributed by atoms with van der Waals surface area (Å²) in [6.45, 7) is 9.69. The number of ether oxygens (including phenoxy) is 1. The van der Waals surface area contributed by atoms with Crippen LogP contribution in [0.25, 0.3) is 10.9 Å². The molecule has 1 spiro atoms. The van der Waals surface area contributed by atoms with Gasteiger partial charge in [0.1, 0.15) is 5.60 Å². The number of nitrogens with zero attached hydrogens (tertiary/aromatic N) is 4. The van der Waals surface area contributed by atoms with E-state index in [-0.39, 0.29) is 11.7 Å². The second-order valence-electron chi connectivity index (χ2n) is 8.79. The Morgan fingerprint density at radius 2 is 1.97 bits per heavy atom. The lowest BCUT2D eigenvalue weighted by Gasteiger charge is -2.43. The standard InChI is InChI=1S/C23H27N5O3/c1-5-28-15(4)21-20(26-28)18(29)12-23(31-21)6-8-27(9-7-23)22(30)16-10-13(2)19-17(11-16)14(3)24-25-19/h10-11H,5-9,12H2,1-4H3,(H,24,25). The highest BCUT2D eigenvalue weighted by atomic mass is 16.5. The smallest absolute Gasteiger partial charge is 0.253 e. The van der Waals surface area contributed by atoms with Gasteiger partial charge < -0.3 is 9.64 Å². The minimum Gasteiger partial charge on any atom is -0.482 e. The largest absolute Gasteiger partial charge is 0.482 e. The van der Waals surface area contributed by atoms with Gasteiger partial charge in [0, 0.05) is 49.1 Å². The maximum absolute atomic E-state index is 13.2. The van der Waals surface area contributed by atoms with E-state index >= 15 is 0 Å². The van der Waals surface area contributed by atoms with Gasteiger partial charge in [0.05, 0.1) is 17.6 Å². The number of fused-ring (bicyclic) bond motifs is 2. The minimum absolute atomic E-state index is 0.0123. The molecule has 8 heteroatoms. The molecule has 1 fully saturated rings. The molecular weight excluding hydrogens is 394 g/mol. The highest BCUT2D eigenvalue weighted by Gasteiger charge is 2.45. The third kappa shape index (κ3) is 3.04. The summed E-state index contributed by atoms with van der Waals surface area (Å²) in [6.07, 6.45) is 1.58. The number of nitrogens with one attached hydrogen (secondary N) is 1. The Labute approximate surface area is 180 Å². The van der Waals surface area contributed by atoms with Crippen molar-refractivity contribution in [3.8, 4) is 5.75 Å². The van der Waals surface area contributed by atoms with Gasteiger partial charge in [-0.25, -0.2) is 0 Å². The first-order valence-electron chi connectivity index (χ1n) is 10.9. The van der Waals surface area contributed by atoms with Gasteiger partial charge in [-0.05, 0) is 45.4 Å². The van der Waals surface area contributed by atoms with Crippen LogP contribution in [0.3, 0.4) is 0 Å². The third-order valence-corrected chi connectivity index (χ3v) is 6.77. The molecule has 5 rings (SSSR count). The van der Waals surface area contributed by atoms with E-state index in [0.717, 1.165) is 27.9 Å². The summed E-state index contributed by atoms with van der Waals surface area (Å²) >= 11 is 0. The Balaban J connectivity index is 1.36. The van der Waals surface area contributed by atoms with Crippen molar-refractivity contribution in [2.45, 2.75) is 59.1 Å². The SMILES string of the molecule is CCn1nc2c(c1C)OC1(CCN(C(=O)c3cc(C)c4n[nH]c(C)c4c3)CC1)CC2=O. The molecule has 2 aromatic heterocycles. The Morgan fingerprint density at radius 1 is 1.23 bits per heavy atom. The van der Waals surface area contributed by atoms with Gasteiger partial charge in [0.25, 0.3) is 5.91 Å². The van der Waals surface area contributed by atoms with Crippen LogP contribution in [0.1, 0.15) is 64.0 Å². The molecule has 0 atom stereocenters. The third-order valence-electron chi connectivity index (χ3n) is 6.77. The van der Waals surface area contributed by atoms with Gasteiger partial charge >= 0.3 is 0 Å². The summed E-state index contributed by atoms with van der Waals surface area (Å²) in [4.78, 5) is 27.9. The van der Waals surface area contributed by atoms with Crippen LogP contribution in [0.4, 0.5) is 0 Å². The van der Waals surface area contributed by atoms with E-state index in [1.165, 1.54) is 0 Å². The Kier molecular flexibility index (Phi) is 4.42. The molecule has 0 unspecified atom stereocenters. The van der Waals surface area contributed by atoms with Crippen LogP contribution in [0.15, 0.2) is 12.1 Å². The van der Waals surface area contributed by atoms with Crippen LogP contribution < -0.4 is 4.74 Å². The summed E-state index contributed by atoms with van der Waals surface area (Å²) < 4.78 is 8.22. The summed E-state index contributed by atoms with van der Waals surface area (Å²) in [5, 5.41) is 12.7. The highest BCUT2D eigenvalue weighted by Crippen LogP contribution is 2.41. The molecule has 0 aliphatic carbocycles. The number of Topliss-reactive ketones (excluding diaryl/α,β-unsaturated/α-hetero) is 1. The number of hydrogen-bond acceptors (Lipinski definition) is 5. The molecule has 31 heavy (non-hydrogen) atoms. The number of likely N-dealkylation sites (tertiary alicyclic amines) is 1. The molecule has 1 amide bonds. The fraction of sp³-hybridized carbons (Fsp3) is 0.478. The van der Waals surface area contributed by atoms with Crippen LogP contribution in [-0.4, -0.2) is 55.3 Å². The van der Waals surface area contributed by atoms with Gasteiger partial charge in [-0.1, -0.05) is 0 Å². The Morgan fingerprint density at radius 3 is 2.68 bits per heavy atom. The number of rotatable bonds is 2. The van der Waals surface area contributed by atoms with E-state index in [4.69, 9.17) is 4.74 Å². The quantitative estimate of drug-likeness (QED) is 0.685. The van der Waals surface area contributed by atoms with E-state index in [1.54, 1.807) is 0 Å². The number of piperidine rings is 1. The number of H-pyrrole nitrogens is 1. The fourth-order valence-corrected chi connectivity index (χ4v) is 4.89. The molecule has 3 aromatic rings. The van der Waals surface area contributed by atoms with Gasteiger partial charge in [-0.2, -0.15) is 10.2 Å². The van der Waals surface area contributed by atoms with Crippen LogP contribution in [0, 0.1) is 20.8 Å². The first kappa shape index (κ1) is 19.8. The number of benzene rings is 1. The van der Waals surface area contributed by atoms with E-state index < -0.39 is 5.60 Å². The normalized spacial score (nSPS) is 17.8. The van der Waals surface area contributed by atoms with E-state index in [0.29, 0.717) is 55.9 Å². The maximum Gasteiger partial charge on any atom is 0.253 e. The zero-order chi connectivity index (χ0) is 21.9. The molecule has 0 bridgehead atoms. The topological polar surface area (TPSA) is 93.1 Å². The van der Waals surface area contributed by atoms with E-state index in [1.807, 2.05) is 49.4 Å². The number of carbonyl (C=O) groups excluding carboxylic acids is 2. The maximum atomic E-state index is 13.2. The molecule has 162 valence electrons. The van der Waals surface area contributed by atoms with Gasteiger partial charge in [-0.15, -0.1) is 0 Å². The molecule has 1 aromatic carbocycles. The van der Waals surface area contributed by atoms with Gasteiger partial charge in [0.15, 0.2) is 17.2 Å². The summed E-state index contributed by atoms with van der Waals surface area (Å²) in [5.74, 6) is 0.667. The molecule has 1 saturated heterocycles. The van der Waals surface area contributed by atoms with E-state index in [9.17, 15) is 9.59 Å². The second-order valence-corrected chi connectivity index (χ2v) is 8.79. The van der Waals surface area contributed by atoms with E-state index in [2.05, 4.69) is 15.3 Å². The number of aromatic amines is 1. The molecule has 0 saturated carbocycles. The van der Waals surface area contributed by atoms with Gasteiger partial charge in [-0.3, -0.25) is 19.4 Å². The number of hydrogen-bond donors (Lipinski definition) is 1. The number of amides is 1. The average Bonchev–Trinajstić information content (AvgIpc) is 3.29. The zero-order valence-electron chi connectivity index (χ0n) is 18.4. The molecule has 2 aliphatic heterocycles. The van der Waals surface area contributed by atoms with Crippen LogP contribution in [0.2, 0.25) is 0 Å². The van der Waals surface area contributed by atoms with Crippen LogP contribution >= 0.6 is 0 Å². The number of ketones is 1. The first-order chi connectivity index (χ1) is 14.8. The van der Waals surface area contributed by atoms with Crippen molar-refractivity contribution in [1.29, 1.82) is 0 Å². The van der Waals surface area contributed by atoms with Crippen molar-refractivity contribution in [1.82, 2.24) is 24.9 Å². The van der Waals surface area contributed by atoms with Crippen LogP contribution in [0.5, 0.6) is 5.75 Å². The zero-order valence-corrected chi connectivity index (χ0v) is 18.4. The number of aromatic nitrogens is 4. The van der Waals surface area contributed by atoms with Crippen molar-refractivity contribution in [2.75, 3.05) is 13.1 Å². The molecule has 0 radical (unpaired) electrons. The summed E-state index contributed by atoms with van der Waals surface area (Å²) in [6, 6.07) is 3.83. The second kappa shape index (κ2) is 6.93. The van der Waals surface area contributed by atoms with Crippen molar-refractivity contribution in [3.05, 3.63) is 40.3 Å². The molecular formula is C23H27N5O3. The van der Waals surface area contributed by atoms with Crippen LogP contribution in [-0.2, 0) is 6.54 Å². The first-order valence-corrected chi connectivity index (χ1v) is 10.9. The predicted octanol–water partition coefficient (Wildman–Crippen LogP) is 3.34. The van der Waals surface area contributed by atoms with Crippen molar-refractivity contribution >= 4 is 22.6 Å². The molecule has 8 nitrogen and oxygen atoms in total. The monoisotopic (exact) mass is 421 g/mol. The summed E-state index contributed by atoms with van der Waals surface area (Å²) in [5.41, 5.74) is 4.31. The van der Waals surface area contributed by atoms with Gasteiger partial charge in [0.2, 0.25) is 0 Å². The lowest BCUT2D eigenvalue weighted by atomic mass is 9.83. The molecule has 4 heterocycles. The molecule has 1 N–H and O–H groups in total. The minimum atomic E-state index is -0.547. The molecule has 2 aliphatic rings. The lowest BCUT2D eigenvalue weighted by molar-refractivity contribution is -0.00628. The fourth-order valence-electron chi connectivity index (χ4n) is 4.89. The van der Waals surface area contributed by atoms with Crippen molar-refractivity contribution < 1.29 is 14.3 Å². The Bertz CT molecular complexity index is 1210. The van der Waals surface area contributed by atoms with Crippen molar-refractivity contribution in [3.63, 3.8) is 0 Å².